The average Bonchev–Trinajstić information content (AvgIpc) is 3.37. The molecule has 214 valence electrons. The zero-order chi connectivity index (χ0) is 29.2. The first kappa shape index (κ1) is 27.2. The minimum atomic E-state index is 0.152. The van der Waals surface area contributed by atoms with E-state index in [2.05, 4.69) is 149 Å². The maximum atomic E-state index is 9.52. The molecule has 4 nitrogen and oxygen atoms in total. The Bertz CT molecular complexity index is 1810. The van der Waals surface area contributed by atoms with Gasteiger partial charge in [0.1, 0.15) is 6.61 Å². The summed E-state index contributed by atoms with van der Waals surface area (Å²) >= 11 is 0. The van der Waals surface area contributed by atoms with E-state index in [1.807, 2.05) is 0 Å². The normalized spacial score (nSPS) is 15.6. The number of anilines is 3. The fourth-order valence-electron chi connectivity index (χ4n) is 6.82. The number of para-hydroxylation sites is 2. The number of nitrogens with zero attached hydrogens (tertiary/aromatic N) is 3. The number of aliphatic hydroxyl groups excluding tert-OH is 1. The predicted molar refractivity (Wildman–Crippen MR) is 179 cm³/mol. The second kappa shape index (κ2) is 11.9. The topological polar surface area (TPSA) is 32.3 Å². The zero-order valence-electron chi connectivity index (χ0n) is 24.7. The Kier molecular flexibility index (Phi) is 7.53. The average molecular weight is 565 g/mol. The molecule has 0 saturated heterocycles. The third kappa shape index (κ3) is 5.13. The molecule has 0 aliphatic heterocycles. The van der Waals surface area contributed by atoms with Crippen molar-refractivity contribution in [2.75, 3.05) is 11.5 Å². The summed E-state index contributed by atoms with van der Waals surface area (Å²) in [5, 5.41) is 10.8. The van der Waals surface area contributed by atoms with Gasteiger partial charge in [-0.3, -0.25) is 0 Å². The van der Waals surface area contributed by atoms with E-state index in [9.17, 15) is 5.11 Å². The summed E-state index contributed by atoms with van der Waals surface area (Å²) in [5.74, 6) is 0.339. The monoisotopic (exact) mass is 564 g/mol. The lowest BCUT2D eigenvalue weighted by molar-refractivity contribution is -0.700. The number of rotatable bonds is 8. The highest BCUT2D eigenvalue weighted by Crippen LogP contribution is 2.39. The van der Waals surface area contributed by atoms with Crippen molar-refractivity contribution in [2.24, 2.45) is 5.92 Å². The van der Waals surface area contributed by atoms with E-state index in [1.54, 1.807) is 0 Å². The van der Waals surface area contributed by atoms with Crippen LogP contribution in [0.1, 0.15) is 41.4 Å². The van der Waals surface area contributed by atoms with Crippen molar-refractivity contribution in [3.05, 3.63) is 137 Å². The Morgan fingerprint density at radius 2 is 1.70 bits per heavy atom. The lowest BCUT2D eigenvalue weighted by atomic mass is 9.91. The van der Waals surface area contributed by atoms with Gasteiger partial charge in [-0.25, -0.2) is 0 Å². The van der Waals surface area contributed by atoms with Crippen LogP contribution in [-0.4, -0.2) is 16.3 Å². The van der Waals surface area contributed by atoms with Crippen LogP contribution in [0, 0.1) is 5.92 Å². The van der Waals surface area contributed by atoms with Gasteiger partial charge in [-0.05, 0) is 68.1 Å². The predicted octanol–water partition coefficient (Wildman–Crippen LogP) is 8.27. The first-order valence-corrected chi connectivity index (χ1v) is 15.5. The molecule has 2 aliphatic rings. The van der Waals surface area contributed by atoms with E-state index < -0.39 is 0 Å². The largest absolute Gasteiger partial charge is 0.390 e. The third-order valence-corrected chi connectivity index (χ3v) is 8.84. The van der Waals surface area contributed by atoms with Gasteiger partial charge in [0, 0.05) is 63.9 Å². The van der Waals surface area contributed by atoms with Crippen LogP contribution in [-0.2, 0) is 25.9 Å². The fourth-order valence-corrected chi connectivity index (χ4v) is 6.82. The summed E-state index contributed by atoms with van der Waals surface area (Å²) in [7, 11) is 0. The van der Waals surface area contributed by atoms with Crippen molar-refractivity contribution >= 4 is 46.2 Å². The van der Waals surface area contributed by atoms with Gasteiger partial charge in [-0.15, -0.1) is 0 Å². The third-order valence-electron chi connectivity index (χ3n) is 8.84. The molecule has 1 unspecified atom stereocenters. The molecule has 7 rings (SSSR count). The number of aryl methyl sites for hydroxylation is 1. The standard InChI is InChI=1S/C39H38N3O/c1-2-41-38-27-29(17-19-30-23-24-40(25-26-43)37-16-10-9-15-34(30)37)18-21-35(38)36-22-20-33(28-39(36)41)42(31-11-5-3-6-12-31)32-13-7-4-8-14-32/h3-8,10-14,16-24,28-29,43H,2,9,15,25-27H2,1H3/q+1/b19-17+. The number of aliphatic hydroxyl groups is 1. The van der Waals surface area contributed by atoms with Crippen LogP contribution in [0.15, 0.2) is 109 Å². The number of pyridine rings is 1. The van der Waals surface area contributed by atoms with Crippen LogP contribution >= 0.6 is 0 Å². The first-order valence-electron chi connectivity index (χ1n) is 15.5. The molecule has 0 fully saturated rings. The van der Waals surface area contributed by atoms with Crippen molar-refractivity contribution in [1.82, 2.24) is 4.57 Å². The molecule has 2 aliphatic carbocycles. The number of hydrogen-bond acceptors (Lipinski definition) is 2. The van der Waals surface area contributed by atoms with Crippen LogP contribution in [0.2, 0.25) is 0 Å². The van der Waals surface area contributed by atoms with Crippen molar-refractivity contribution in [3.8, 4) is 0 Å². The van der Waals surface area contributed by atoms with E-state index >= 15 is 0 Å². The summed E-state index contributed by atoms with van der Waals surface area (Å²) in [6.07, 6.45) is 19.1. The molecule has 5 aromatic rings. The quantitative estimate of drug-likeness (QED) is 0.192. The maximum Gasteiger partial charge on any atom is 0.208 e. The Labute approximate surface area is 254 Å². The Balaban J connectivity index is 1.23. The molecule has 0 bridgehead atoms. The van der Waals surface area contributed by atoms with Crippen molar-refractivity contribution in [2.45, 2.75) is 39.3 Å². The van der Waals surface area contributed by atoms with Crippen LogP contribution in [0.25, 0.3) is 29.1 Å². The highest BCUT2D eigenvalue weighted by Gasteiger charge is 2.23. The van der Waals surface area contributed by atoms with Gasteiger partial charge in [0.15, 0.2) is 12.7 Å². The summed E-state index contributed by atoms with van der Waals surface area (Å²) < 4.78 is 4.68. The second-order valence-corrected chi connectivity index (χ2v) is 11.4. The number of allylic oxidation sites excluding steroid dienone is 3. The van der Waals surface area contributed by atoms with Crippen molar-refractivity contribution < 1.29 is 9.67 Å². The molecule has 0 saturated carbocycles. The Morgan fingerprint density at radius 3 is 2.42 bits per heavy atom. The maximum absolute atomic E-state index is 9.52. The van der Waals surface area contributed by atoms with Crippen LogP contribution in [0.3, 0.4) is 0 Å². The summed E-state index contributed by atoms with van der Waals surface area (Å²) in [4.78, 5) is 2.34. The van der Waals surface area contributed by atoms with Gasteiger partial charge in [0.2, 0.25) is 5.69 Å². The van der Waals surface area contributed by atoms with E-state index in [0.29, 0.717) is 12.5 Å². The Hall–Kier alpha value is -4.67. The minimum Gasteiger partial charge on any atom is -0.390 e. The second-order valence-electron chi connectivity index (χ2n) is 11.4. The summed E-state index contributed by atoms with van der Waals surface area (Å²) in [6.45, 7) is 3.97. The molecule has 2 heterocycles. The number of hydrogen-bond donors (Lipinski definition) is 1. The molecule has 0 spiro atoms. The number of benzene rings is 3. The zero-order valence-corrected chi connectivity index (χ0v) is 24.7. The highest BCUT2D eigenvalue weighted by molar-refractivity contribution is 5.95. The fraction of sp³-hybridized carbons (Fsp3) is 0.205. The summed E-state index contributed by atoms with van der Waals surface area (Å²) in [6, 6.07) is 30.4. The van der Waals surface area contributed by atoms with Gasteiger partial charge in [-0.1, -0.05) is 72.8 Å². The molecular weight excluding hydrogens is 526 g/mol. The van der Waals surface area contributed by atoms with Crippen LogP contribution in [0.5, 0.6) is 0 Å². The lowest BCUT2D eigenvalue weighted by Gasteiger charge is -2.25. The summed E-state index contributed by atoms with van der Waals surface area (Å²) in [5.41, 5.74) is 11.4. The Morgan fingerprint density at radius 1 is 0.930 bits per heavy atom. The van der Waals surface area contributed by atoms with Crippen molar-refractivity contribution in [3.63, 3.8) is 0 Å². The molecule has 0 amide bonds. The van der Waals surface area contributed by atoms with E-state index in [1.165, 1.54) is 39.0 Å². The minimum absolute atomic E-state index is 0.152. The molecule has 4 heteroatoms. The van der Waals surface area contributed by atoms with Crippen molar-refractivity contribution in [1.29, 1.82) is 0 Å². The van der Waals surface area contributed by atoms with Gasteiger partial charge >= 0.3 is 0 Å². The molecule has 2 aromatic heterocycles. The molecule has 0 radical (unpaired) electrons. The molecule has 3 aromatic carbocycles. The van der Waals surface area contributed by atoms with Crippen LogP contribution < -0.4 is 9.47 Å². The number of aromatic nitrogens is 2. The molecular formula is C39H38N3O+. The molecule has 1 N–H and O–H groups in total. The van der Waals surface area contributed by atoms with E-state index in [-0.39, 0.29) is 6.61 Å². The van der Waals surface area contributed by atoms with Gasteiger partial charge in [0.05, 0.1) is 5.52 Å². The molecule has 1 atom stereocenters. The smallest absolute Gasteiger partial charge is 0.208 e. The van der Waals surface area contributed by atoms with Crippen LogP contribution in [0.4, 0.5) is 17.1 Å². The first-order chi connectivity index (χ1) is 21.2. The van der Waals surface area contributed by atoms with Gasteiger partial charge in [0.25, 0.3) is 0 Å². The van der Waals surface area contributed by atoms with Gasteiger partial charge < -0.3 is 14.6 Å². The van der Waals surface area contributed by atoms with E-state index in [4.69, 9.17) is 0 Å². The van der Waals surface area contributed by atoms with E-state index in [0.717, 1.165) is 42.9 Å². The lowest BCUT2D eigenvalue weighted by Crippen LogP contribution is -2.40. The SMILES string of the molecule is CCn1c2c(c3ccc(N(c4ccccc4)c4ccccc4)cc31)C=CC(/C=C/c1cc[n+](CCO)c3c1CCC=C3)C2. The van der Waals surface area contributed by atoms with Gasteiger partial charge in [-0.2, -0.15) is 4.57 Å². The highest BCUT2D eigenvalue weighted by atomic mass is 16.3. The number of fused-ring (bicyclic) bond motifs is 4. The molecule has 43 heavy (non-hydrogen) atoms.